The fourth-order valence-corrected chi connectivity index (χ4v) is 4.39. The van der Waals surface area contributed by atoms with Gasteiger partial charge in [-0.25, -0.2) is 8.42 Å². The zero-order valence-electron chi connectivity index (χ0n) is 13.5. The molecule has 0 amide bonds. The Kier molecular flexibility index (Phi) is 4.90. The molecule has 0 N–H and O–H groups in total. The van der Waals surface area contributed by atoms with Gasteiger partial charge in [0.05, 0.1) is 17.8 Å². The Morgan fingerprint density at radius 2 is 1.72 bits per heavy atom. The molecule has 0 radical (unpaired) electrons. The third kappa shape index (κ3) is 3.19. The maximum atomic E-state index is 12.9. The molecule has 1 heterocycles. The van der Waals surface area contributed by atoms with Crippen LogP contribution in [0.2, 0.25) is 10.0 Å². The van der Waals surface area contributed by atoms with Crippen LogP contribution in [0.25, 0.3) is 0 Å². The van der Waals surface area contributed by atoms with E-state index in [-0.39, 0.29) is 14.9 Å². The summed E-state index contributed by atoms with van der Waals surface area (Å²) in [4.78, 5) is -0.114. The van der Waals surface area contributed by atoms with E-state index in [2.05, 4.69) is 0 Å². The summed E-state index contributed by atoms with van der Waals surface area (Å²) >= 11 is 12.2. The molecule has 1 aliphatic heterocycles. The van der Waals surface area contributed by atoms with Crippen molar-refractivity contribution in [1.29, 1.82) is 0 Å². The van der Waals surface area contributed by atoms with E-state index >= 15 is 0 Å². The van der Waals surface area contributed by atoms with Crippen molar-refractivity contribution in [1.82, 2.24) is 0 Å². The fraction of sp³-hybridized carbons (Fsp3) is 0.250. The van der Waals surface area contributed by atoms with Crippen molar-refractivity contribution in [3.05, 3.63) is 40.4 Å². The Hall–Kier alpha value is -1.83. The fourth-order valence-electron chi connectivity index (χ4n) is 2.39. The maximum Gasteiger partial charge on any atom is 0.265 e. The summed E-state index contributed by atoms with van der Waals surface area (Å²) in [6.07, 6.45) is 0. The molecule has 0 aromatic heterocycles. The summed E-state index contributed by atoms with van der Waals surface area (Å²) < 4.78 is 43.0. The van der Waals surface area contributed by atoms with Gasteiger partial charge < -0.3 is 14.2 Å². The number of halogens is 2. The molecule has 0 saturated heterocycles. The van der Waals surface area contributed by atoms with Crippen LogP contribution >= 0.6 is 23.2 Å². The summed E-state index contributed by atoms with van der Waals surface area (Å²) in [5, 5.41) is -0.0498. The molecule has 0 aliphatic carbocycles. The first-order valence-corrected chi connectivity index (χ1v) is 9.46. The molecule has 2 aromatic carbocycles. The highest BCUT2D eigenvalue weighted by Crippen LogP contribution is 2.39. The quantitative estimate of drug-likeness (QED) is 0.779. The van der Waals surface area contributed by atoms with Gasteiger partial charge in [-0.05, 0) is 24.3 Å². The number of hydrogen-bond donors (Lipinski definition) is 0. The van der Waals surface area contributed by atoms with Crippen molar-refractivity contribution in [2.75, 3.05) is 31.7 Å². The minimum absolute atomic E-state index is 0.0424. The van der Waals surface area contributed by atoms with Crippen LogP contribution in [-0.4, -0.2) is 35.8 Å². The zero-order chi connectivity index (χ0) is 18.2. The predicted molar refractivity (Wildman–Crippen MR) is 96.0 cm³/mol. The number of nitrogens with zero attached hydrogens (tertiary/aromatic N) is 1. The van der Waals surface area contributed by atoms with Gasteiger partial charge in [-0.2, -0.15) is 0 Å². The number of sulfonamides is 1. The van der Waals surface area contributed by atoms with Gasteiger partial charge >= 0.3 is 0 Å². The Morgan fingerprint density at radius 1 is 1.04 bits per heavy atom. The summed E-state index contributed by atoms with van der Waals surface area (Å²) in [5.41, 5.74) is 0.409. The lowest BCUT2D eigenvalue weighted by Crippen LogP contribution is -2.27. The molecule has 0 bridgehead atoms. The zero-order valence-corrected chi connectivity index (χ0v) is 15.8. The van der Waals surface area contributed by atoms with E-state index in [4.69, 9.17) is 37.4 Å². The van der Waals surface area contributed by atoms with Crippen molar-refractivity contribution < 1.29 is 22.6 Å². The topological polar surface area (TPSA) is 65.1 Å². The molecule has 25 heavy (non-hydrogen) atoms. The number of benzene rings is 2. The van der Waals surface area contributed by atoms with Crippen LogP contribution < -0.4 is 18.5 Å². The molecular weight excluding hydrogens is 389 g/mol. The van der Waals surface area contributed by atoms with Crippen LogP contribution in [0.15, 0.2) is 35.2 Å². The van der Waals surface area contributed by atoms with Gasteiger partial charge in [0, 0.05) is 13.1 Å². The van der Waals surface area contributed by atoms with Crippen LogP contribution in [0.5, 0.6) is 17.2 Å². The molecule has 0 atom stereocenters. The third-order valence-corrected chi connectivity index (χ3v) is 6.56. The van der Waals surface area contributed by atoms with Crippen LogP contribution in [0.1, 0.15) is 0 Å². The van der Waals surface area contributed by atoms with E-state index in [0.717, 1.165) is 4.31 Å². The number of anilines is 1. The van der Waals surface area contributed by atoms with E-state index in [0.29, 0.717) is 36.1 Å². The van der Waals surface area contributed by atoms with Gasteiger partial charge in [0.2, 0.25) is 0 Å². The summed E-state index contributed by atoms with van der Waals surface area (Å²) in [7, 11) is -1.08. The van der Waals surface area contributed by atoms with E-state index in [9.17, 15) is 8.42 Å². The first-order chi connectivity index (χ1) is 11.9. The monoisotopic (exact) mass is 403 g/mol. The maximum absolute atomic E-state index is 12.9. The highest BCUT2D eigenvalue weighted by atomic mass is 35.5. The Labute approximate surface area is 155 Å². The lowest BCUT2D eigenvalue weighted by Gasteiger charge is -2.24. The number of rotatable bonds is 4. The second kappa shape index (κ2) is 6.82. The van der Waals surface area contributed by atoms with Crippen LogP contribution in [0, 0.1) is 0 Å². The molecule has 6 nitrogen and oxygen atoms in total. The van der Waals surface area contributed by atoms with Crippen molar-refractivity contribution >= 4 is 38.9 Å². The standard InChI is InChI=1S/C16H15Cl2NO5S/c1-19(10-3-4-11-13(9-10)24-8-7-23-11)25(20,21)14-6-5-12(22-2)15(17)16(14)18/h3-6,9H,7-8H2,1-2H3. The van der Waals surface area contributed by atoms with Crippen LogP contribution in [0.4, 0.5) is 5.69 Å². The smallest absolute Gasteiger partial charge is 0.265 e. The number of hydrogen-bond acceptors (Lipinski definition) is 5. The molecule has 1 aliphatic rings. The largest absolute Gasteiger partial charge is 0.495 e. The number of methoxy groups -OCH3 is 1. The minimum atomic E-state index is -3.93. The summed E-state index contributed by atoms with van der Waals surface area (Å²) in [5.74, 6) is 1.36. The molecule has 9 heteroatoms. The molecule has 3 rings (SSSR count). The van der Waals surface area contributed by atoms with Crippen molar-refractivity contribution in [3.8, 4) is 17.2 Å². The first kappa shape index (κ1) is 18.0. The van der Waals surface area contributed by atoms with Gasteiger partial charge in [-0.1, -0.05) is 23.2 Å². The van der Waals surface area contributed by atoms with Crippen molar-refractivity contribution in [3.63, 3.8) is 0 Å². The van der Waals surface area contributed by atoms with Gasteiger partial charge in [0.25, 0.3) is 10.0 Å². The Balaban J connectivity index is 2.01. The van der Waals surface area contributed by atoms with Gasteiger partial charge in [0.15, 0.2) is 11.5 Å². The van der Waals surface area contributed by atoms with Crippen molar-refractivity contribution in [2.24, 2.45) is 0 Å². The molecule has 0 spiro atoms. The Bertz CT molecular complexity index is 917. The van der Waals surface area contributed by atoms with Gasteiger partial charge in [-0.15, -0.1) is 0 Å². The lowest BCUT2D eigenvalue weighted by atomic mass is 10.2. The lowest BCUT2D eigenvalue weighted by molar-refractivity contribution is 0.171. The Morgan fingerprint density at radius 3 is 2.40 bits per heavy atom. The summed E-state index contributed by atoms with van der Waals surface area (Å²) in [6.45, 7) is 0.868. The second-order valence-corrected chi connectivity index (χ2v) is 7.89. The summed E-state index contributed by atoms with van der Waals surface area (Å²) in [6, 6.07) is 7.71. The molecule has 134 valence electrons. The molecule has 0 fully saturated rings. The average Bonchev–Trinajstić information content (AvgIpc) is 2.62. The number of ether oxygens (including phenoxy) is 3. The van der Waals surface area contributed by atoms with E-state index in [1.807, 2.05) is 0 Å². The molecule has 2 aromatic rings. The highest BCUT2D eigenvalue weighted by Gasteiger charge is 2.27. The van der Waals surface area contributed by atoms with Crippen LogP contribution in [0.3, 0.4) is 0 Å². The second-order valence-electron chi connectivity index (χ2n) is 5.19. The number of fused-ring (bicyclic) bond motifs is 1. The third-order valence-electron chi connectivity index (χ3n) is 3.76. The first-order valence-electron chi connectivity index (χ1n) is 7.27. The van der Waals surface area contributed by atoms with Gasteiger partial charge in [-0.3, -0.25) is 4.31 Å². The minimum Gasteiger partial charge on any atom is -0.495 e. The van der Waals surface area contributed by atoms with Crippen LogP contribution in [-0.2, 0) is 10.0 Å². The SMILES string of the molecule is COc1ccc(S(=O)(=O)N(C)c2ccc3c(c2)OCCO3)c(Cl)c1Cl. The van der Waals surface area contributed by atoms with E-state index < -0.39 is 10.0 Å². The van der Waals surface area contributed by atoms with E-state index in [1.54, 1.807) is 18.2 Å². The highest BCUT2D eigenvalue weighted by molar-refractivity contribution is 7.93. The average molecular weight is 404 g/mol. The van der Waals surface area contributed by atoms with E-state index in [1.165, 1.54) is 26.3 Å². The van der Waals surface area contributed by atoms with Gasteiger partial charge in [0.1, 0.15) is 28.9 Å². The molecule has 0 unspecified atom stereocenters. The predicted octanol–water partition coefficient (Wildman–Crippen LogP) is 3.60. The molecule has 0 saturated carbocycles. The normalized spacial score (nSPS) is 13.4. The van der Waals surface area contributed by atoms with Crippen molar-refractivity contribution in [2.45, 2.75) is 4.90 Å². The molecular formula is C16H15Cl2NO5S.